The van der Waals surface area contributed by atoms with Crippen LogP contribution in [0.15, 0.2) is 59.7 Å². The first-order valence-corrected chi connectivity index (χ1v) is 10.3. The van der Waals surface area contributed by atoms with Crippen LogP contribution in [0.5, 0.6) is 0 Å². The molecule has 0 spiro atoms. The van der Waals surface area contributed by atoms with Crippen LogP contribution in [0, 0.1) is 0 Å². The molecule has 1 aliphatic rings. The lowest BCUT2D eigenvalue weighted by molar-refractivity contribution is 0.0915. The van der Waals surface area contributed by atoms with Crippen LogP contribution in [0.1, 0.15) is 23.2 Å². The van der Waals surface area contributed by atoms with E-state index in [0.717, 1.165) is 23.1 Å². The van der Waals surface area contributed by atoms with Crippen molar-refractivity contribution in [1.82, 2.24) is 14.4 Å². The average molecular weight is 406 g/mol. The van der Waals surface area contributed by atoms with E-state index in [9.17, 15) is 9.59 Å². The molecule has 0 bridgehead atoms. The summed E-state index contributed by atoms with van der Waals surface area (Å²) in [6.45, 7) is 1.04. The summed E-state index contributed by atoms with van der Waals surface area (Å²) < 4.78 is 8.12. The van der Waals surface area contributed by atoms with E-state index in [0.29, 0.717) is 23.9 Å². The van der Waals surface area contributed by atoms with Crippen LogP contribution in [-0.2, 0) is 4.74 Å². The molecule has 5 rings (SSSR count). The molecule has 1 unspecified atom stereocenters. The van der Waals surface area contributed by atoms with Gasteiger partial charge in [0.2, 0.25) is 0 Å². The van der Waals surface area contributed by atoms with E-state index in [1.165, 1.54) is 21.9 Å². The molecule has 0 radical (unpaired) electrons. The third kappa shape index (κ3) is 3.30. The van der Waals surface area contributed by atoms with Gasteiger partial charge in [-0.25, -0.2) is 9.97 Å². The van der Waals surface area contributed by atoms with E-state index in [4.69, 9.17) is 4.74 Å². The molecule has 0 saturated carbocycles. The maximum absolute atomic E-state index is 13.5. The van der Waals surface area contributed by atoms with Gasteiger partial charge in [-0.1, -0.05) is 29.5 Å². The van der Waals surface area contributed by atoms with Gasteiger partial charge in [0, 0.05) is 19.0 Å². The van der Waals surface area contributed by atoms with Crippen LogP contribution in [0.3, 0.4) is 0 Å². The first-order chi connectivity index (χ1) is 14.2. The third-order valence-corrected chi connectivity index (χ3v) is 6.07. The molecule has 1 fully saturated rings. The van der Waals surface area contributed by atoms with Crippen LogP contribution in [-0.4, -0.2) is 39.5 Å². The second-order valence-corrected chi connectivity index (χ2v) is 7.93. The predicted molar refractivity (Wildman–Crippen MR) is 112 cm³/mol. The van der Waals surface area contributed by atoms with E-state index in [-0.39, 0.29) is 17.2 Å². The van der Waals surface area contributed by atoms with Crippen LogP contribution < -0.4 is 10.5 Å². The van der Waals surface area contributed by atoms with E-state index >= 15 is 0 Å². The summed E-state index contributed by atoms with van der Waals surface area (Å²) in [6, 6.07) is 13.0. The first-order valence-electron chi connectivity index (χ1n) is 9.46. The second kappa shape index (κ2) is 7.38. The van der Waals surface area contributed by atoms with Gasteiger partial charge in [0.15, 0.2) is 5.13 Å². The monoisotopic (exact) mass is 406 g/mol. The van der Waals surface area contributed by atoms with Crippen molar-refractivity contribution in [2.45, 2.75) is 18.9 Å². The molecule has 1 saturated heterocycles. The predicted octanol–water partition coefficient (Wildman–Crippen LogP) is 3.13. The molecule has 7 nitrogen and oxygen atoms in total. The highest BCUT2D eigenvalue weighted by molar-refractivity contribution is 7.22. The Kier molecular flexibility index (Phi) is 4.57. The van der Waals surface area contributed by atoms with Crippen molar-refractivity contribution >= 4 is 38.2 Å². The number of pyridine rings is 1. The lowest BCUT2D eigenvalue weighted by Gasteiger charge is -2.22. The Morgan fingerprint density at radius 2 is 2.10 bits per heavy atom. The summed E-state index contributed by atoms with van der Waals surface area (Å²) in [5.74, 6) is -0.407. The Hall–Kier alpha value is -3.10. The standard InChI is InChI=1S/C21H18N4O3S/c26-19-15(12-22-18-9-3-4-10-24(18)19)20(27)25(13-14-6-5-11-28-14)21-23-16-7-1-2-8-17(16)29-21/h1-4,7-10,12,14H,5-6,11,13H2. The number of hydrogen-bond acceptors (Lipinski definition) is 6. The number of thiazole rings is 1. The molecule has 8 heteroatoms. The molecule has 1 atom stereocenters. The molecule has 0 N–H and O–H groups in total. The Bertz CT molecular complexity index is 1230. The molecule has 4 aromatic rings. The zero-order valence-corrected chi connectivity index (χ0v) is 16.3. The fraction of sp³-hybridized carbons (Fsp3) is 0.238. The number of carbonyl (C=O) groups is 1. The van der Waals surface area contributed by atoms with Crippen molar-refractivity contribution in [3.05, 3.63) is 70.8 Å². The number of anilines is 1. The van der Waals surface area contributed by atoms with Gasteiger partial charge < -0.3 is 4.74 Å². The Morgan fingerprint density at radius 1 is 1.24 bits per heavy atom. The van der Waals surface area contributed by atoms with Crippen LogP contribution in [0.25, 0.3) is 15.9 Å². The third-order valence-electron chi connectivity index (χ3n) is 5.01. The number of aromatic nitrogens is 3. The SMILES string of the molecule is O=C(c1cnc2ccccn2c1=O)N(CC1CCCO1)c1nc2ccccc2s1. The average Bonchev–Trinajstić information content (AvgIpc) is 3.41. The molecular formula is C21H18N4O3S. The zero-order valence-electron chi connectivity index (χ0n) is 15.5. The first kappa shape index (κ1) is 18.0. The molecule has 0 aliphatic carbocycles. The molecule has 1 amide bonds. The normalized spacial score (nSPS) is 16.5. The number of hydrogen-bond donors (Lipinski definition) is 0. The fourth-order valence-corrected chi connectivity index (χ4v) is 4.51. The maximum atomic E-state index is 13.5. The van der Waals surface area contributed by atoms with Gasteiger partial charge in [0.05, 0.1) is 22.9 Å². The minimum absolute atomic E-state index is 0.0194. The van der Waals surface area contributed by atoms with Gasteiger partial charge in [0.1, 0.15) is 11.2 Å². The number of fused-ring (bicyclic) bond motifs is 2. The summed E-state index contributed by atoms with van der Waals surface area (Å²) in [7, 11) is 0. The number of para-hydroxylation sites is 1. The van der Waals surface area contributed by atoms with Crippen molar-refractivity contribution in [3.63, 3.8) is 0 Å². The molecule has 29 heavy (non-hydrogen) atoms. The fourth-order valence-electron chi connectivity index (χ4n) is 3.53. The van der Waals surface area contributed by atoms with Crippen molar-refractivity contribution in [1.29, 1.82) is 0 Å². The highest BCUT2D eigenvalue weighted by Gasteiger charge is 2.29. The van der Waals surface area contributed by atoms with E-state index in [1.807, 2.05) is 24.3 Å². The number of ether oxygens (including phenoxy) is 1. The van der Waals surface area contributed by atoms with Gasteiger partial charge in [-0.15, -0.1) is 0 Å². The minimum atomic E-state index is -0.407. The lowest BCUT2D eigenvalue weighted by Crippen LogP contribution is -2.40. The summed E-state index contributed by atoms with van der Waals surface area (Å²) in [6.07, 6.45) is 4.75. The number of benzene rings is 1. The van der Waals surface area contributed by atoms with Crippen LogP contribution in [0.2, 0.25) is 0 Å². The van der Waals surface area contributed by atoms with Crippen LogP contribution >= 0.6 is 11.3 Å². The van der Waals surface area contributed by atoms with E-state index < -0.39 is 5.91 Å². The number of rotatable bonds is 4. The minimum Gasteiger partial charge on any atom is -0.376 e. The molecule has 3 aromatic heterocycles. The van der Waals surface area contributed by atoms with Gasteiger partial charge in [-0.2, -0.15) is 0 Å². The van der Waals surface area contributed by atoms with Crippen molar-refractivity contribution < 1.29 is 9.53 Å². The van der Waals surface area contributed by atoms with Gasteiger partial charge in [0.25, 0.3) is 11.5 Å². The zero-order chi connectivity index (χ0) is 19.8. The number of amides is 1. The second-order valence-electron chi connectivity index (χ2n) is 6.92. The smallest absolute Gasteiger partial charge is 0.270 e. The van der Waals surface area contributed by atoms with Crippen molar-refractivity contribution in [3.8, 4) is 0 Å². The lowest BCUT2D eigenvalue weighted by atomic mass is 10.2. The van der Waals surface area contributed by atoms with Gasteiger partial charge >= 0.3 is 0 Å². The number of nitrogens with zero attached hydrogens (tertiary/aromatic N) is 4. The van der Waals surface area contributed by atoms with E-state index in [2.05, 4.69) is 9.97 Å². The highest BCUT2D eigenvalue weighted by Crippen LogP contribution is 2.30. The van der Waals surface area contributed by atoms with Gasteiger partial charge in [-0.3, -0.25) is 18.9 Å². The highest BCUT2D eigenvalue weighted by atomic mass is 32.1. The molecule has 1 aliphatic heterocycles. The molecular weight excluding hydrogens is 388 g/mol. The van der Waals surface area contributed by atoms with Gasteiger partial charge in [-0.05, 0) is 37.1 Å². The topological polar surface area (TPSA) is 76.8 Å². The van der Waals surface area contributed by atoms with Crippen LogP contribution in [0.4, 0.5) is 5.13 Å². The summed E-state index contributed by atoms with van der Waals surface area (Å²) in [4.78, 5) is 36.9. The Labute approximate surface area is 170 Å². The molecule has 4 heterocycles. The molecule has 1 aromatic carbocycles. The quantitative estimate of drug-likeness (QED) is 0.520. The number of carbonyl (C=O) groups excluding carboxylic acids is 1. The maximum Gasteiger partial charge on any atom is 0.270 e. The van der Waals surface area contributed by atoms with E-state index in [1.54, 1.807) is 29.3 Å². The van der Waals surface area contributed by atoms with Crippen molar-refractivity contribution in [2.24, 2.45) is 0 Å². The Balaban J connectivity index is 1.59. The summed E-state index contributed by atoms with van der Waals surface area (Å²) in [5.41, 5.74) is 0.954. The molecule has 146 valence electrons. The summed E-state index contributed by atoms with van der Waals surface area (Å²) >= 11 is 1.43. The summed E-state index contributed by atoms with van der Waals surface area (Å²) in [5, 5.41) is 0.559. The van der Waals surface area contributed by atoms with Crippen molar-refractivity contribution in [2.75, 3.05) is 18.1 Å². The largest absolute Gasteiger partial charge is 0.376 e. The Morgan fingerprint density at radius 3 is 2.93 bits per heavy atom.